The fourth-order valence-electron chi connectivity index (χ4n) is 1.33. The van der Waals surface area contributed by atoms with Crippen molar-refractivity contribution >= 4 is 5.87 Å². The first-order valence-electron chi connectivity index (χ1n) is 4.94. The fraction of sp³-hybridized carbons (Fsp3) is 0.154. The third kappa shape index (κ3) is 3.59. The topological polar surface area (TPSA) is 104 Å². The first kappa shape index (κ1) is 13.2. The monoisotopic (exact) mass is 236 g/mol. The summed E-state index contributed by atoms with van der Waals surface area (Å²) in [5.41, 5.74) is 1.46. The van der Waals surface area contributed by atoms with Crippen molar-refractivity contribution in [1.29, 1.82) is 21.2 Å². The zero-order valence-corrected chi connectivity index (χ0v) is 9.40. The Balaban J connectivity index is 3.06. The van der Waals surface area contributed by atoms with E-state index in [4.69, 9.17) is 25.9 Å². The first-order valence-corrected chi connectivity index (χ1v) is 4.94. The molecule has 0 aliphatic carbocycles. The van der Waals surface area contributed by atoms with Crippen molar-refractivity contribution in [3.63, 3.8) is 0 Å². The number of nitriles is 3. The molecule has 5 heteroatoms. The highest BCUT2D eigenvalue weighted by Crippen LogP contribution is 2.15. The predicted molar refractivity (Wildman–Crippen MR) is 63.1 cm³/mol. The summed E-state index contributed by atoms with van der Waals surface area (Å²) in [6.07, 6.45) is 4.65. The molecule has 0 fully saturated rings. The highest BCUT2D eigenvalue weighted by atomic mass is 16.5. The number of ether oxygens (including phenoxy) is 1. The number of hydrogen-bond donors (Lipinski definition) is 1. The molecule has 0 unspecified atom stereocenters. The SMILES string of the molecule is N#CC(=C=N)/C=C1/C=C(C=C(C#N)C#N)COC1. The molecular formula is C13H8N4O. The number of allylic oxidation sites excluding steroid dienone is 3. The molecule has 0 spiro atoms. The Bertz CT molecular complexity index is 595. The van der Waals surface area contributed by atoms with E-state index in [2.05, 4.69) is 0 Å². The minimum absolute atomic E-state index is 0.00537. The Hall–Kier alpha value is -2.90. The summed E-state index contributed by atoms with van der Waals surface area (Å²) in [5, 5.41) is 32.8. The van der Waals surface area contributed by atoms with Crippen molar-refractivity contribution < 1.29 is 4.74 Å². The molecule has 0 aromatic heterocycles. The maximum atomic E-state index is 8.67. The fourth-order valence-corrected chi connectivity index (χ4v) is 1.33. The van der Waals surface area contributed by atoms with Crippen LogP contribution in [-0.4, -0.2) is 19.1 Å². The van der Waals surface area contributed by atoms with Gasteiger partial charge in [0.25, 0.3) is 0 Å². The van der Waals surface area contributed by atoms with Gasteiger partial charge in [-0.3, -0.25) is 5.41 Å². The van der Waals surface area contributed by atoms with E-state index in [9.17, 15) is 0 Å². The van der Waals surface area contributed by atoms with E-state index >= 15 is 0 Å². The molecule has 18 heavy (non-hydrogen) atoms. The van der Waals surface area contributed by atoms with Crippen LogP contribution < -0.4 is 0 Å². The maximum absolute atomic E-state index is 8.67. The minimum atomic E-state index is -0.00537. The maximum Gasteiger partial charge on any atom is 0.130 e. The van der Waals surface area contributed by atoms with Crippen LogP contribution in [0.3, 0.4) is 0 Å². The van der Waals surface area contributed by atoms with Crippen molar-refractivity contribution in [1.82, 2.24) is 0 Å². The highest BCUT2D eigenvalue weighted by Gasteiger charge is 2.07. The third-order valence-corrected chi connectivity index (χ3v) is 2.06. The molecule has 86 valence electrons. The Morgan fingerprint density at radius 3 is 2.50 bits per heavy atom. The van der Waals surface area contributed by atoms with E-state index in [1.165, 1.54) is 12.2 Å². The van der Waals surface area contributed by atoms with Gasteiger partial charge in [-0.2, -0.15) is 15.8 Å². The molecule has 1 aliphatic heterocycles. The molecule has 0 saturated carbocycles. The number of nitrogens with zero attached hydrogens (tertiary/aromatic N) is 3. The average Bonchev–Trinajstić information content (AvgIpc) is 2.42. The Morgan fingerprint density at radius 2 is 1.94 bits per heavy atom. The molecule has 0 radical (unpaired) electrons. The van der Waals surface area contributed by atoms with Gasteiger partial charge in [0.1, 0.15) is 29.4 Å². The van der Waals surface area contributed by atoms with Gasteiger partial charge in [-0.25, -0.2) is 0 Å². The van der Waals surface area contributed by atoms with Gasteiger partial charge in [0.05, 0.1) is 13.2 Å². The van der Waals surface area contributed by atoms with Crippen molar-refractivity contribution in [2.45, 2.75) is 0 Å². The van der Waals surface area contributed by atoms with Gasteiger partial charge < -0.3 is 4.74 Å². The van der Waals surface area contributed by atoms with Gasteiger partial charge in [0, 0.05) is 0 Å². The zero-order chi connectivity index (χ0) is 13.4. The summed E-state index contributed by atoms with van der Waals surface area (Å²) < 4.78 is 5.26. The van der Waals surface area contributed by atoms with Crippen LogP contribution in [0.4, 0.5) is 0 Å². The second-order valence-electron chi connectivity index (χ2n) is 3.36. The Kier molecular flexibility index (Phi) is 4.85. The standard InChI is InChI=1S/C13H8N4O/c14-4-12(5-15)2-10-1-11(9-18-8-10)3-13(6-16)7-17/h1-3,14H,8-9H2/b10-2-. The smallest absolute Gasteiger partial charge is 0.130 e. The van der Waals surface area contributed by atoms with Gasteiger partial charge >= 0.3 is 0 Å². The van der Waals surface area contributed by atoms with Crippen LogP contribution in [0.15, 0.2) is 40.5 Å². The Morgan fingerprint density at radius 1 is 1.22 bits per heavy atom. The lowest BCUT2D eigenvalue weighted by Gasteiger charge is -2.13. The molecule has 0 atom stereocenters. The summed E-state index contributed by atoms with van der Waals surface area (Å²) in [4.78, 5) is 0. The molecule has 0 aromatic carbocycles. The van der Waals surface area contributed by atoms with Crippen molar-refractivity contribution in [3.05, 3.63) is 40.5 Å². The lowest BCUT2D eigenvalue weighted by atomic mass is 10.1. The average molecular weight is 236 g/mol. The molecule has 1 rings (SSSR count). The summed E-state index contributed by atoms with van der Waals surface area (Å²) in [7, 11) is 0. The van der Waals surface area contributed by atoms with E-state index in [1.807, 2.05) is 11.9 Å². The van der Waals surface area contributed by atoms with E-state index < -0.39 is 0 Å². The van der Waals surface area contributed by atoms with Crippen molar-refractivity contribution in [3.8, 4) is 18.2 Å². The largest absolute Gasteiger partial charge is 0.372 e. The van der Waals surface area contributed by atoms with Gasteiger partial charge in [-0.15, -0.1) is 0 Å². The second-order valence-corrected chi connectivity index (χ2v) is 3.36. The van der Waals surface area contributed by atoms with Crippen LogP contribution in [-0.2, 0) is 4.74 Å². The zero-order valence-electron chi connectivity index (χ0n) is 9.40. The van der Waals surface area contributed by atoms with Crippen LogP contribution in [0.2, 0.25) is 0 Å². The molecule has 1 N–H and O–H groups in total. The summed E-state index contributed by atoms with van der Waals surface area (Å²) >= 11 is 0. The molecule has 1 heterocycles. The second kappa shape index (κ2) is 6.63. The third-order valence-electron chi connectivity index (χ3n) is 2.06. The first-order chi connectivity index (χ1) is 8.73. The lowest BCUT2D eigenvalue weighted by Crippen LogP contribution is -2.08. The number of hydrogen-bond acceptors (Lipinski definition) is 5. The van der Waals surface area contributed by atoms with Crippen LogP contribution in [0.25, 0.3) is 0 Å². The van der Waals surface area contributed by atoms with E-state index in [-0.39, 0.29) is 11.1 Å². The summed E-state index contributed by atoms with van der Waals surface area (Å²) in [6.45, 7) is 0.624. The molecule has 0 aromatic rings. The lowest BCUT2D eigenvalue weighted by molar-refractivity contribution is 0.177. The van der Waals surface area contributed by atoms with Crippen LogP contribution in [0.5, 0.6) is 0 Å². The van der Waals surface area contributed by atoms with Crippen molar-refractivity contribution in [2.75, 3.05) is 13.2 Å². The Labute approximate surface area is 104 Å². The van der Waals surface area contributed by atoms with Crippen LogP contribution in [0.1, 0.15) is 0 Å². The summed E-state index contributed by atoms with van der Waals surface area (Å²) in [6, 6.07) is 5.34. The number of rotatable bonds is 2. The highest BCUT2D eigenvalue weighted by molar-refractivity contribution is 5.66. The van der Waals surface area contributed by atoms with Gasteiger partial charge in [0.2, 0.25) is 0 Å². The van der Waals surface area contributed by atoms with E-state index in [1.54, 1.807) is 18.2 Å². The molecule has 0 bridgehead atoms. The molecule has 1 aliphatic rings. The molecule has 0 amide bonds. The van der Waals surface area contributed by atoms with Gasteiger partial charge in [0.15, 0.2) is 0 Å². The minimum Gasteiger partial charge on any atom is -0.372 e. The van der Waals surface area contributed by atoms with Gasteiger partial charge in [-0.05, 0) is 29.2 Å². The number of nitrogens with one attached hydrogen (secondary N) is 1. The van der Waals surface area contributed by atoms with E-state index in [0.29, 0.717) is 24.4 Å². The molecular weight excluding hydrogens is 228 g/mol. The van der Waals surface area contributed by atoms with Crippen LogP contribution >= 0.6 is 0 Å². The molecule has 0 saturated heterocycles. The predicted octanol–water partition coefficient (Wildman–Crippen LogP) is 1.54. The quantitative estimate of drug-likeness (QED) is 0.579. The molecule has 5 nitrogen and oxygen atoms in total. The normalized spacial score (nSPS) is 15.4. The van der Waals surface area contributed by atoms with E-state index in [0.717, 1.165) is 0 Å². The van der Waals surface area contributed by atoms with Crippen LogP contribution in [0, 0.1) is 39.4 Å². The van der Waals surface area contributed by atoms with Gasteiger partial charge in [-0.1, -0.05) is 6.08 Å². The summed E-state index contributed by atoms with van der Waals surface area (Å²) in [5.74, 6) is 2.00. The van der Waals surface area contributed by atoms with Crippen molar-refractivity contribution in [2.24, 2.45) is 0 Å².